The molecular formula is C18H21N3O2S. The molecule has 0 amide bonds. The highest BCUT2D eigenvalue weighted by Crippen LogP contribution is 2.19. The quantitative estimate of drug-likeness (QED) is 0.746. The molecule has 24 heavy (non-hydrogen) atoms. The molecular weight excluding hydrogens is 322 g/mol. The van der Waals surface area contributed by atoms with Crippen LogP contribution in [0.15, 0.2) is 47.5 Å². The molecule has 5 nitrogen and oxygen atoms in total. The Balaban J connectivity index is 1.65. The average Bonchev–Trinajstić information content (AvgIpc) is 2.92. The van der Waals surface area contributed by atoms with Crippen LogP contribution in [0.4, 0.5) is 0 Å². The van der Waals surface area contributed by atoms with Crippen LogP contribution in [0.5, 0.6) is 0 Å². The highest BCUT2D eigenvalue weighted by Gasteiger charge is 2.13. The van der Waals surface area contributed by atoms with Crippen LogP contribution in [0.2, 0.25) is 0 Å². The lowest BCUT2D eigenvalue weighted by molar-refractivity contribution is 0.106. The number of fused-ring (bicyclic) bond motifs is 1. The smallest absolute Gasteiger partial charge is 0.262 e. The van der Waals surface area contributed by atoms with Crippen LogP contribution < -0.4 is 5.56 Å². The molecule has 0 aliphatic heterocycles. The number of hydrogen-bond acceptors (Lipinski definition) is 5. The predicted molar refractivity (Wildman–Crippen MR) is 97.4 cm³/mol. The normalized spacial score (nSPS) is 12.8. The fraction of sp³-hybridized carbons (Fsp3) is 0.333. The monoisotopic (exact) mass is 343 g/mol. The fourth-order valence-electron chi connectivity index (χ4n) is 2.81. The summed E-state index contributed by atoms with van der Waals surface area (Å²) in [4.78, 5) is 20.6. The van der Waals surface area contributed by atoms with Gasteiger partial charge in [0.1, 0.15) is 4.83 Å². The summed E-state index contributed by atoms with van der Waals surface area (Å²) < 4.78 is 1.50. The molecule has 0 spiro atoms. The number of aromatic nitrogens is 2. The Morgan fingerprint density at radius 3 is 2.83 bits per heavy atom. The van der Waals surface area contributed by atoms with Gasteiger partial charge in [-0.05, 0) is 25.6 Å². The van der Waals surface area contributed by atoms with E-state index in [1.54, 1.807) is 0 Å². The molecule has 6 heteroatoms. The second-order valence-corrected chi connectivity index (χ2v) is 7.35. The molecule has 0 saturated heterocycles. The molecule has 0 aliphatic rings. The summed E-state index contributed by atoms with van der Waals surface area (Å²) in [7, 11) is 1.96. The molecule has 0 radical (unpaired) electrons. The van der Waals surface area contributed by atoms with E-state index in [1.807, 2.05) is 43.1 Å². The molecule has 0 fully saturated rings. The minimum atomic E-state index is -0.629. The van der Waals surface area contributed by atoms with Crippen molar-refractivity contribution in [3.05, 3.63) is 63.5 Å². The first-order chi connectivity index (χ1) is 11.5. The highest BCUT2D eigenvalue weighted by molar-refractivity contribution is 7.18. The SMILES string of the molecule is Cc1cc2c(=O)n(CC(O)CN(C)Cc3ccccc3)cnc2s1. The second-order valence-electron chi connectivity index (χ2n) is 6.11. The Bertz CT molecular complexity index is 873. The van der Waals surface area contributed by atoms with Gasteiger partial charge in [0, 0.05) is 18.0 Å². The van der Waals surface area contributed by atoms with Gasteiger partial charge in [0.25, 0.3) is 5.56 Å². The first-order valence-corrected chi connectivity index (χ1v) is 8.70. The van der Waals surface area contributed by atoms with Crippen LogP contribution in [-0.2, 0) is 13.1 Å². The molecule has 1 aromatic carbocycles. The Morgan fingerprint density at radius 1 is 1.33 bits per heavy atom. The molecule has 1 N–H and O–H groups in total. The Morgan fingerprint density at radius 2 is 2.08 bits per heavy atom. The summed E-state index contributed by atoms with van der Waals surface area (Å²) in [6, 6.07) is 12.0. The third kappa shape index (κ3) is 3.90. The zero-order chi connectivity index (χ0) is 17.1. The molecule has 3 rings (SSSR count). The molecule has 0 aliphatic carbocycles. The van der Waals surface area contributed by atoms with Crippen LogP contribution >= 0.6 is 11.3 Å². The van der Waals surface area contributed by atoms with E-state index in [0.29, 0.717) is 11.9 Å². The van der Waals surface area contributed by atoms with E-state index in [1.165, 1.54) is 27.8 Å². The summed E-state index contributed by atoms with van der Waals surface area (Å²) in [5.74, 6) is 0. The van der Waals surface area contributed by atoms with E-state index in [9.17, 15) is 9.90 Å². The van der Waals surface area contributed by atoms with Crippen molar-refractivity contribution >= 4 is 21.6 Å². The fourth-order valence-corrected chi connectivity index (χ4v) is 3.65. The number of hydrogen-bond donors (Lipinski definition) is 1. The molecule has 2 heterocycles. The Labute approximate surface area is 144 Å². The largest absolute Gasteiger partial charge is 0.390 e. The maximum Gasteiger partial charge on any atom is 0.262 e. The number of aliphatic hydroxyl groups excluding tert-OH is 1. The number of nitrogens with zero attached hydrogens (tertiary/aromatic N) is 3. The van der Waals surface area contributed by atoms with Crippen LogP contribution in [0.25, 0.3) is 10.2 Å². The first kappa shape index (κ1) is 16.8. The summed E-state index contributed by atoms with van der Waals surface area (Å²) >= 11 is 1.51. The van der Waals surface area contributed by atoms with Gasteiger partial charge in [-0.3, -0.25) is 14.3 Å². The van der Waals surface area contributed by atoms with Crippen molar-refractivity contribution in [3.63, 3.8) is 0 Å². The minimum Gasteiger partial charge on any atom is -0.390 e. The van der Waals surface area contributed by atoms with Crippen molar-refractivity contribution in [1.82, 2.24) is 14.5 Å². The van der Waals surface area contributed by atoms with Gasteiger partial charge < -0.3 is 5.11 Å². The maximum atomic E-state index is 12.5. The van der Waals surface area contributed by atoms with Gasteiger partial charge in [0.15, 0.2) is 0 Å². The average molecular weight is 343 g/mol. The lowest BCUT2D eigenvalue weighted by Gasteiger charge is -2.21. The van der Waals surface area contributed by atoms with Gasteiger partial charge >= 0.3 is 0 Å². The van der Waals surface area contributed by atoms with Crippen LogP contribution in [0, 0.1) is 6.92 Å². The van der Waals surface area contributed by atoms with Gasteiger partial charge in [0.05, 0.1) is 24.4 Å². The molecule has 2 aromatic heterocycles. The summed E-state index contributed by atoms with van der Waals surface area (Å²) in [6.07, 6.45) is 0.900. The number of aliphatic hydroxyl groups is 1. The molecule has 1 unspecified atom stereocenters. The van der Waals surface area contributed by atoms with E-state index < -0.39 is 6.10 Å². The van der Waals surface area contributed by atoms with E-state index in [2.05, 4.69) is 17.1 Å². The van der Waals surface area contributed by atoms with Crippen LogP contribution in [0.3, 0.4) is 0 Å². The molecule has 3 aromatic rings. The number of rotatable bonds is 6. The van der Waals surface area contributed by atoms with Gasteiger partial charge in [0.2, 0.25) is 0 Å². The highest BCUT2D eigenvalue weighted by atomic mass is 32.1. The third-order valence-electron chi connectivity index (χ3n) is 3.87. The lowest BCUT2D eigenvalue weighted by atomic mass is 10.2. The van der Waals surface area contributed by atoms with E-state index in [4.69, 9.17) is 0 Å². The summed E-state index contributed by atoms with van der Waals surface area (Å²) in [5, 5.41) is 11.0. The lowest BCUT2D eigenvalue weighted by Crippen LogP contribution is -2.34. The molecule has 0 saturated carbocycles. The zero-order valence-corrected chi connectivity index (χ0v) is 14.7. The van der Waals surface area contributed by atoms with Crippen molar-refractivity contribution in [1.29, 1.82) is 0 Å². The molecule has 0 bridgehead atoms. The van der Waals surface area contributed by atoms with E-state index in [0.717, 1.165) is 16.3 Å². The third-order valence-corrected chi connectivity index (χ3v) is 4.82. The molecule has 1 atom stereocenters. The molecule has 126 valence electrons. The van der Waals surface area contributed by atoms with Gasteiger partial charge in [-0.25, -0.2) is 4.98 Å². The van der Waals surface area contributed by atoms with E-state index >= 15 is 0 Å². The zero-order valence-electron chi connectivity index (χ0n) is 13.8. The van der Waals surface area contributed by atoms with Gasteiger partial charge in [-0.15, -0.1) is 11.3 Å². The van der Waals surface area contributed by atoms with Crippen molar-refractivity contribution in [2.45, 2.75) is 26.1 Å². The van der Waals surface area contributed by atoms with Crippen LogP contribution in [-0.4, -0.2) is 39.3 Å². The van der Waals surface area contributed by atoms with E-state index in [-0.39, 0.29) is 12.1 Å². The second kappa shape index (κ2) is 7.25. The predicted octanol–water partition coefficient (Wildman–Crippen LogP) is 2.26. The van der Waals surface area contributed by atoms with Gasteiger partial charge in [-0.2, -0.15) is 0 Å². The van der Waals surface area contributed by atoms with Crippen LogP contribution in [0.1, 0.15) is 10.4 Å². The van der Waals surface area contributed by atoms with Crippen molar-refractivity contribution in [2.75, 3.05) is 13.6 Å². The number of thiophene rings is 1. The van der Waals surface area contributed by atoms with Crippen molar-refractivity contribution < 1.29 is 5.11 Å². The standard InChI is InChI=1S/C18H21N3O2S/c1-13-8-16-17(24-13)19-12-21(18(16)23)11-15(22)10-20(2)9-14-6-4-3-5-7-14/h3-8,12,15,22H,9-11H2,1-2H3. The number of likely N-dealkylation sites (N-methyl/N-ethyl adjacent to an activating group) is 1. The Hall–Kier alpha value is -2.02. The minimum absolute atomic E-state index is 0.0888. The topological polar surface area (TPSA) is 58.4 Å². The van der Waals surface area contributed by atoms with Gasteiger partial charge in [-0.1, -0.05) is 30.3 Å². The number of benzene rings is 1. The summed E-state index contributed by atoms with van der Waals surface area (Å²) in [5.41, 5.74) is 1.11. The summed E-state index contributed by atoms with van der Waals surface area (Å²) in [6.45, 7) is 3.45. The number of aryl methyl sites for hydroxylation is 1. The first-order valence-electron chi connectivity index (χ1n) is 7.89. The maximum absolute atomic E-state index is 12.5. The van der Waals surface area contributed by atoms with Crippen molar-refractivity contribution in [3.8, 4) is 0 Å². The Kier molecular flexibility index (Phi) is 5.08. The van der Waals surface area contributed by atoms with Crippen molar-refractivity contribution in [2.24, 2.45) is 0 Å².